The van der Waals surface area contributed by atoms with Crippen molar-refractivity contribution in [2.24, 2.45) is 0 Å². The summed E-state index contributed by atoms with van der Waals surface area (Å²) >= 11 is 0. The molecule has 142 valence electrons. The molecule has 0 bridgehead atoms. The Labute approximate surface area is 160 Å². The van der Waals surface area contributed by atoms with Crippen molar-refractivity contribution in [2.75, 3.05) is 36.6 Å². The lowest BCUT2D eigenvalue weighted by atomic mass is 10.2. The molecule has 2 aromatic rings. The molecular weight excluding hydrogens is 364 g/mol. The highest BCUT2D eigenvalue weighted by molar-refractivity contribution is 6.31. The molecule has 0 aliphatic carbocycles. The summed E-state index contributed by atoms with van der Waals surface area (Å²) in [6, 6.07) is 10.2. The zero-order valence-electron chi connectivity index (χ0n) is 14.8. The van der Waals surface area contributed by atoms with Gasteiger partial charge in [0.15, 0.2) is 23.0 Å². The summed E-state index contributed by atoms with van der Waals surface area (Å²) in [7, 11) is 0. The molecule has 3 aliphatic rings. The van der Waals surface area contributed by atoms with E-state index in [9.17, 15) is 9.59 Å². The molecule has 0 saturated carbocycles. The predicted molar refractivity (Wildman–Crippen MR) is 99.1 cm³/mol. The summed E-state index contributed by atoms with van der Waals surface area (Å²) in [5.41, 5.74) is 1.23. The van der Waals surface area contributed by atoms with Gasteiger partial charge in [-0.1, -0.05) is 0 Å². The molecule has 0 fully saturated rings. The fourth-order valence-electron chi connectivity index (χ4n) is 3.25. The molecule has 0 unspecified atom stereocenters. The molecule has 0 radical (unpaired) electrons. The van der Waals surface area contributed by atoms with Crippen LogP contribution in [0.15, 0.2) is 48.2 Å². The number of carbonyl (C=O) groups is 2. The Morgan fingerprint density at radius 3 is 2.07 bits per heavy atom. The third-order valence-electron chi connectivity index (χ3n) is 4.53. The lowest BCUT2D eigenvalue weighted by molar-refractivity contribution is -0.120. The minimum atomic E-state index is -0.448. The summed E-state index contributed by atoms with van der Waals surface area (Å²) in [5, 5.41) is 2.99. The summed E-state index contributed by atoms with van der Waals surface area (Å²) in [4.78, 5) is 26.4. The summed E-state index contributed by atoms with van der Waals surface area (Å²) < 4.78 is 22.1. The zero-order chi connectivity index (χ0) is 19.1. The van der Waals surface area contributed by atoms with Gasteiger partial charge in [0.2, 0.25) is 0 Å². The van der Waals surface area contributed by atoms with Gasteiger partial charge in [0.05, 0.1) is 5.69 Å². The maximum absolute atomic E-state index is 12.8. The molecule has 5 rings (SSSR count). The maximum Gasteiger partial charge on any atom is 0.281 e. The van der Waals surface area contributed by atoms with Gasteiger partial charge in [-0.3, -0.25) is 9.59 Å². The van der Waals surface area contributed by atoms with Crippen LogP contribution >= 0.6 is 0 Å². The normalized spacial score (nSPS) is 17.4. The molecular formula is C20H16N2O6. The molecule has 0 saturated heterocycles. The van der Waals surface area contributed by atoms with Gasteiger partial charge in [-0.15, -0.1) is 0 Å². The topological polar surface area (TPSA) is 86.3 Å². The van der Waals surface area contributed by atoms with E-state index in [2.05, 4.69) is 5.32 Å². The number of rotatable bonds is 3. The van der Waals surface area contributed by atoms with Crippen LogP contribution in [-0.4, -0.2) is 38.2 Å². The Balaban J connectivity index is 1.37. The van der Waals surface area contributed by atoms with Gasteiger partial charge < -0.3 is 24.3 Å². The Morgan fingerprint density at radius 1 is 0.750 bits per heavy atom. The van der Waals surface area contributed by atoms with Crippen LogP contribution in [0.2, 0.25) is 0 Å². The van der Waals surface area contributed by atoms with Crippen LogP contribution < -0.4 is 29.2 Å². The van der Waals surface area contributed by atoms with Crippen molar-refractivity contribution in [1.82, 2.24) is 0 Å². The first-order valence-electron chi connectivity index (χ1n) is 8.85. The third kappa shape index (κ3) is 2.79. The number of anilines is 2. The Kier molecular flexibility index (Phi) is 3.82. The highest BCUT2D eigenvalue weighted by atomic mass is 16.6. The molecule has 0 atom stereocenters. The summed E-state index contributed by atoms with van der Waals surface area (Å²) in [5.74, 6) is 1.47. The predicted octanol–water partition coefficient (Wildman–Crippen LogP) is 2.10. The van der Waals surface area contributed by atoms with E-state index in [1.807, 2.05) is 0 Å². The number of hydrogen-bond donors (Lipinski definition) is 1. The lowest BCUT2D eigenvalue weighted by Gasteiger charge is -2.21. The summed E-state index contributed by atoms with van der Waals surface area (Å²) in [6.45, 7) is 1.86. The van der Waals surface area contributed by atoms with Crippen LogP contribution in [0.5, 0.6) is 23.0 Å². The molecule has 0 spiro atoms. The molecule has 0 aromatic heterocycles. The first-order valence-corrected chi connectivity index (χ1v) is 8.85. The number of nitrogens with one attached hydrogen (secondary N) is 1. The van der Waals surface area contributed by atoms with Gasteiger partial charge >= 0.3 is 0 Å². The van der Waals surface area contributed by atoms with Crippen LogP contribution in [0.3, 0.4) is 0 Å². The molecule has 2 aromatic carbocycles. The van der Waals surface area contributed by atoms with Crippen LogP contribution in [0, 0.1) is 0 Å². The van der Waals surface area contributed by atoms with Gasteiger partial charge in [-0.2, -0.15) is 0 Å². The van der Waals surface area contributed by atoms with Crippen molar-refractivity contribution in [1.29, 1.82) is 0 Å². The maximum atomic E-state index is 12.8. The van der Waals surface area contributed by atoms with E-state index in [0.29, 0.717) is 60.8 Å². The zero-order valence-corrected chi connectivity index (χ0v) is 14.8. The summed E-state index contributed by atoms with van der Waals surface area (Å²) in [6.07, 6.45) is 1.27. The largest absolute Gasteiger partial charge is 0.486 e. The van der Waals surface area contributed by atoms with Gasteiger partial charge in [0, 0.05) is 23.9 Å². The minimum Gasteiger partial charge on any atom is -0.486 e. The van der Waals surface area contributed by atoms with Crippen LogP contribution in [-0.2, 0) is 9.59 Å². The smallest absolute Gasteiger partial charge is 0.281 e. The number of carbonyl (C=O) groups excluding carboxylic acids is 2. The molecule has 8 heteroatoms. The van der Waals surface area contributed by atoms with Crippen molar-refractivity contribution in [2.45, 2.75) is 0 Å². The second-order valence-corrected chi connectivity index (χ2v) is 6.35. The van der Waals surface area contributed by atoms with Crippen LogP contribution in [0.25, 0.3) is 0 Å². The SMILES string of the molecule is O=C1C=C(Nc2ccc3c(c2)OCCO3)C(=O)N1c1ccc2c(c1)OCCO2. The monoisotopic (exact) mass is 380 g/mol. The van der Waals surface area contributed by atoms with Crippen molar-refractivity contribution < 1.29 is 28.5 Å². The minimum absolute atomic E-state index is 0.177. The highest BCUT2D eigenvalue weighted by Gasteiger charge is 2.33. The molecule has 8 nitrogen and oxygen atoms in total. The Morgan fingerprint density at radius 2 is 1.36 bits per heavy atom. The van der Waals surface area contributed by atoms with Crippen LogP contribution in [0.1, 0.15) is 0 Å². The van der Waals surface area contributed by atoms with Gasteiger partial charge in [0.25, 0.3) is 11.8 Å². The van der Waals surface area contributed by atoms with Gasteiger partial charge in [-0.25, -0.2) is 4.90 Å². The number of benzene rings is 2. The first-order chi connectivity index (χ1) is 13.7. The molecule has 3 heterocycles. The second kappa shape index (κ2) is 6.49. The highest BCUT2D eigenvalue weighted by Crippen LogP contribution is 2.36. The number of fused-ring (bicyclic) bond motifs is 2. The van der Waals surface area contributed by atoms with E-state index in [1.54, 1.807) is 36.4 Å². The lowest BCUT2D eigenvalue weighted by Crippen LogP contribution is -2.32. The van der Waals surface area contributed by atoms with E-state index in [-0.39, 0.29) is 5.70 Å². The van der Waals surface area contributed by atoms with E-state index in [4.69, 9.17) is 18.9 Å². The third-order valence-corrected chi connectivity index (χ3v) is 4.53. The average molecular weight is 380 g/mol. The van der Waals surface area contributed by atoms with E-state index >= 15 is 0 Å². The number of hydrogen-bond acceptors (Lipinski definition) is 7. The molecule has 28 heavy (non-hydrogen) atoms. The fraction of sp³-hybridized carbons (Fsp3) is 0.200. The second-order valence-electron chi connectivity index (χ2n) is 6.35. The number of ether oxygens (including phenoxy) is 4. The average Bonchev–Trinajstić information content (AvgIpc) is 3.00. The van der Waals surface area contributed by atoms with Gasteiger partial charge in [-0.05, 0) is 24.3 Å². The molecule has 2 amide bonds. The van der Waals surface area contributed by atoms with Crippen molar-refractivity contribution in [3.8, 4) is 23.0 Å². The Bertz CT molecular complexity index is 1020. The van der Waals surface area contributed by atoms with E-state index in [1.165, 1.54) is 6.08 Å². The first kappa shape index (κ1) is 16.5. The van der Waals surface area contributed by atoms with E-state index < -0.39 is 11.8 Å². The Hall–Kier alpha value is -3.68. The standard InChI is InChI=1S/C20H16N2O6/c23-19-11-14(21-12-1-3-15-17(9-12)27-7-5-25-15)20(24)22(19)13-2-4-16-18(10-13)28-8-6-26-16/h1-4,9-11,21H,5-8H2. The fourth-order valence-corrected chi connectivity index (χ4v) is 3.25. The van der Waals surface area contributed by atoms with E-state index in [0.717, 1.165) is 4.90 Å². The molecule has 3 aliphatic heterocycles. The van der Waals surface area contributed by atoms with Crippen molar-refractivity contribution in [3.63, 3.8) is 0 Å². The van der Waals surface area contributed by atoms with Crippen LogP contribution in [0.4, 0.5) is 11.4 Å². The van der Waals surface area contributed by atoms with Crippen molar-refractivity contribution >= 4 is 23.2 Å². The number of nitrogens with zero attached hydrogens (tertiary/aromatic N) is 1. The van der Waals surface area contributed by atoms with Gasteiger partial charge in [0.1, 0.15) is 32.1 Å². The quantitative estimate of drug-likeness (QED) is 0.816. The number of imide groups is 1. The molecule has 1 N–H and O–H groups in total. The van der Waals surface area contributed by atoms with Crippen molar-refractivity contribution in [3.05, 3.63) is 48.2 Å². The number of amides is 2.